The second-order valence-electron chi connectivity index (χ2n) is 6.80. The molecule has 6 nitrogen and oxygen atoms in total. The fourth-order valence-electron chi connectivity index (χ4n) is 3.10. The van der Waals surface area contributed by atoms with Crippen LogP contribution < -0.4 is 10.6 Å². The van der Waals surface area contributed by atoms with Gasteiger partial charge >= 0.3 is 0 Å². The zero-order chi connectivity index (χ0) is 15.7. The van der Waals surface area contributed by atoms with Crippen molar-refractivity contribution in [1.29, 1.82) is 0 Å². The Balaban J connectivity index is 1.82. The Morgan fingerprint density at radius 2 is 2.14 bits per heavy atom. The molecule has 1 aromatic rings. The van der Waals surface area contributed by atoms with Crippen molar-refractivity contribution in [1.82, 2.24) is 14.9 Å². The van der Waals surface area contributed by atoms with Gasteiger partial charge in [-0.05, 0) is 24.7 Å². The summed E-state index contributed by atoms with van der Waals surface area (Å²) >= 11 is 0. The lowest BCUT2D eigenvalue weighted by Gasteiger charge is -2.35. The maximum atomic E-state index is 12.6. The number of hydrogen-bond donors (Lipinski definition) is 1. The predicted molar refractivity (Wildman–Crippen MR) is 86.3 cm³/mol. The van der Waals surface area contributed by atoms with Gasteiger partial charge in [-0.2, -0.15) is 0 Å². The quantitative estimate of drug-likeness (QED) is 0.913. The minimum atomic E-state index is 0.229. The van der Waals surface area contributed by atoms with Crippen molar-refractivity contribution >= 4 is 17.5 Å². The number of amides is 1. The molecule has 22 heavy (non-hydrogen) atoms. The van der Waals surface area contributed by atoms with Crippen molar-refractivity contribution in [2.75, 3.05) is 30.3 Å². The zero-order valence-corrected chi connectivity index (χ0v) is 13.4. The molecule has 2 aliphatic rings. The molecule has 1 saturated carbocycles. The molecular formula is C16H25N5O. The fourth-order valence-corrected chi connectivity index (χ4v) is 3.10. The van der Waals surface area contributed by atoms with Crippen molar-refractivity contribution in [3.8, 4) is 0 Å². The van der Waals surface area contributed by atoms with Crippen LogP contribution in [0.2, 0.25) is 0 Å². The Hall–Kier alpha value is -1.85. The summed E-state index contributed by atoms with van der Waals surface area (Å²) in [6.07, 6.45) is 4.56. The number of anilines is 2. The highest BCUT2D eigenvalue weighted by Gasteiger charge is 2.35. The van der Waals surface area contributed by atoms with E-state index in [0.29, 0.717) is 30.6 Å². The maximum Gasteiger partial charge on any atom is 0.224 e. The summed E-state index contributed by atoms with van der Waals surface area (Å²) in [5, 5.41) is 0. The molecule has 120 valence electrons. The molecule has 2 N–H and O–H groups in total. The number of nitrogens with two attached hydrogens (primary N) is 1. The Labute approximate surface area is 131 Å². The summed E-state index contributed by atoms with van der Waals surface area (Å²) in [4.78, 5) is 25.1. The highest BCUT2D eigenvalue weighted by atomic mass is 16.2. The molecule has 0 bridgehead atoms. The molecule has 2 fully saturated rings. The molecule has 1 aromatic heterocycles. The van der Waals surface area contributed by atoms with Crippen molar-refractivity contribution in [3.05, 3.63) is 12.4 Å². The Morgan fingerprint density at radius 3 is 2.77 bits per heavy atom. The average molecular weight is 303 g/mol. The van der Waals surface area contributed by atoms with Crippen molar-refractivity contribution in [2.24, 2.45) is 11.8 Å². The first kappa shape index (κ1) is 15.1. The molecule has 6 heteroatoms. The molecule has 0 radical (unpaired) electrons. The molecule has 1 aliphatic heterocycles. The summed E-state index contributed by atoms with van der Waals surface area (Å²) in [6, 6.07) is 2.02. The van der Waals surface area contributed by atoms with Crippen LogP contribution in [0, 0.1) is 11.8 Å². The van der Waals surface area contributed by atoms with E-state index in [0.717, 1.165) is 18.9 Å². The van der Waals surface area contributed by atoms with Crippen LogP contribution in [0.1, 0.15) is 33.1 Å². The van der Waals surface area contributed by atoms with E-state index in [9.17, 15) is 4.79 Å². The molecule has 0 aromatic carbocycles. The summed E-state index contributed by atoms with van der Waals surface area (Å²) in [6.45, 7) is 6.80. The van der Waals surface area contributed by atoms with E-state index in [2.05, 4.69) is 33.6 Å². The minimum absolute atomic E-state index is 0.229. The lowest BCUT2D eigenvalue weighted by Crippen LogP contribution is -2.47. The first-order valence-electron chi connectivity index (χ1n) is 8.16. The van der Waals surface area contributed by atoms with Gasteiger partial charge in [0.2, 0.25) is 5.91 Å². The van der Waals surface area contributed by atoms with Gasteiger partial charge in [-0.3, -0.25) is 4.79 Å². The van der Waals surface area contributed by atoms with Crippen molar-refractivity contribution < 1.29 is 4.79 Å². The van der Waals surface area contributed by atoms with Crippen LogP contribution in [0.4, 0.5) is 11.6 Å². The average Bonchev–Trinajstić information content (AvgIpc) is 3.29. The Morgan fingerprint density at radius 1 is 1.36 bits per heavy atom. The van der Waals surface area contributed by atoms with Crippen LogP contribution in [0.15, 0.2) is 12.4 Å². The molecule has 1 aliphatic carbocycles. The van der Waals surface area contributed by atoms with Crippen LogP contribution in [0.5, 0.6) is 0 Å². The summed E-state index contributed by atoms with van der Waals surface area (Å²) in [5.74, 6) is 2.69. The topological polar surface area (TPSA) is 75.3 Å². The number of carbonyl (C=O) groups is 1. The van der Waals surface area contributed by atoms with E-state index >= 15 is 0 Å². The molecule has 1 amide bonds. The van der Waals surface area contributed by atoms with Crippen LogP contribution in [-0.4, -0.2) is 46.5 Å². The highest BCUT2D eigenvalue weighted by molar-refractivity contribution is 5.78. The predicted octanol–water partition coefficient (Wildman–Crippen LogP) is 1.53. The number of rotatable bonds is 4. The van der Waals surface area contributed by atoms with Gasteiger partial charge < -0.3 is 15.5 Å². The van der Waals surface area contributed by atoms with Crippen LogP contribution in [-0.2, 0) is 4.79 Å². The number of nitrogen functional groups attached to an aromatic ring is 1. The SMILES string of the molecule is CC(C)C1CN(c2cc(N)ncn2)CCC(=O)N1CC1CC1. The third kappa shape index (κ3) is 3.31. The third-order valence-corrected chi connectivity index (χ3v) is 4.64. The third-order valence-electron chi connectivity index (χ3n) is 4.64. The van der Waals surface area contributed by atoms with Gasteiger partial charge in [0.15, 0.2) is 0 Å². The van der Waals surface area contributed by atoms with Gasteiger partial charge in [0, 0.05) is 32.1 Å². The van der Waals surface area contributed by atoms with Gasteiger partial charge in [0.1, 0.15) is 18.0 Å². The van der Waals surface area contributed by atoms with E-state index in [1.165, 1.54) is 19.2 Å². The summed E-state index contributed by atoms with van der Waals surface area (Å²) in [7, 11) is 0. The van der Waals surface area contributed by atoms with Gasteiger partial charge in [-0.25, -0.2) is 9.97 Å². The summed E-state index contributed by atoms with van der Waals surface area (Å²) < 4.78 is 0. The standard InChI is InChI=1S/C16H25N5O/c1-11(2)13-9-20(15-7-14(17)18-10-19-15)6-5-16(22)21(13)8-12-3-4-12/h7,10-13H,3-6,8-9H2,1-2H3,(H2,17,18,19). The fraction of sp³-hybridized carbons (Fsp3) is 0.688. The lowest BCUT2D eigenvalue weighted by atomic mass is 10.0. The molecule has 1 atom stereocenters. The van der Waals surface area contributed by atoms with E-state index in [1.807, 2.05) is 0 Å². The van der Waals surface area contributed by atoms with Crippen LogP contribution >= 0.6 is 0 Å². The molecule has 1 unspecified atom stereocenters. The van der Waals surface area contributed by atoms with E-state index in [-0.39, 0.29) is 11.9 Å². The molecule has 3 rings (SSSR count). The molecular weight excluding hydrogens is 278 g/mol. The lowest BCUT2D eigenvalue weighted by molar-refractivity contribution is -0.133. The smallest absolute Gasteiger partial charge is 0.224 e. The van der Waals surface area contributed by atoms with Gasteiger partial charge in [0.25, 0.3) is 0 Å². The number of nitrogens with zero attached hydrogens (tertiary/aromatic N) is 4. The highest BCUT2D eigenvalue weighted by Crippen LogP contribution is 2.32. The van der Waals surface area contributed by atoms with Gasteiger partial charge in [-0.15, -0.1) is 0 Å². The molecule has 2 heterocycles. The second-order valence-corrected chi connectivity index (χ2v) is 6.80. The van der Waals surface area contributed by atoms with E-state index in [1.54, 1.807) is 6.07 Å². The second kappa shape index (κ2) is 6.10. The van der Waals surface area contributed by atoms with Crippen LogP contribution in [0.25, 0.3) is 0 Å². The minimum Gasteiger partial charge on any atom is -0.384 e. The van der Waals surface area contributed by atoms with E-state index in [4.69, 9.17) is 5.73 Å². The Kier molecular flexibility index (Phi) is 4.18. The Bertz CT molecular complexity index is 543. The monoisotopic (exact) mass is 303 g/mol. The summed E-state index contributed by atoms with van der Waals surface area (Å²) in [5.41, 5.74) is 5.77. The molecule has 1 saturated heterocycles. The van der Waals surface area contributed by atoms with E-state index < -0.39 is 0 Å². The normalized spacial score (nSPS) is 23.0. The van der Waals surface area contributed by atoms with Crippen molar-refractivity contribution in [3.63, 3.8) is 0 Å². The number of carbonyl (C=O) groups excluding carboxylic acids is 1. The van der Waals surface area contributed by atoms with Crippen LogP contribution in [0.3, 0.4) is 0 Å². The first-order chi connectivity index (χ1) is 10.5. The van der Waals surface area contributed by atoms with Gasteiger partial charge in [-0.1, -0.05) is 13.8 Å². The number of aromatic nitrogens is 2. The largest absolute Gasteiger partial charge is 0.384 e. The van der Waals surface area contributed by atoms with Gasteiger partial charge in [0.05, 0.1) is 6.04 Å². The number of hydrogen-bond acceptors (Lipinski definition) is 5. The molecule has 0 spiro atoms. The maximum absolute atomic E-state index is 12.6. The first-order valence-corrected chi connectivity index (χ1v) is 8.16. The van der Waals surface area contributed by atoms with Crippen molar-refractivity contribution in [2.45, 2.75) is 39.2 Å². The zero-order valence-electron chi connectivity index (χ0n) is 13.4.